The van der Waals surface area contributed by atoms with Gasteiger partial charge < -0.3 is 10.4 Å². The number of aliphatic hydroxyl groups excluding tert-OH is 1. The fourth-order valence-corrected chi connectivity index (χ4v) is 1.93. The van der Waals surface area contributed by atoms with Crippen LogP contribution in [0, 0.1) is 0 Å². The number of hydrogen-bond acceptors (Lipinski definition) is 3. The molecular weight excluding hydrogens is 289 g/mol. The van der Waals surface area contributed by atoms with Crippen molar-refractivity contribution in [2.45, 2.75) is 13.0 Å². The summed E-state index contributed by atoms with van der Waals surface area (Å²) in [5.41, 5.74) is 1.11. The summed E-state index contributed by atoms with van der Waals surface area (Å²) in [6.07, 6.45) is 1.98. The standard InChI is InChI=1S/C12H11Cl2N3O2/c1-7(18)12(19)16-9-5-15-17(6-9)11-3-2-8(13)4-10(11)14/h2-7,18H,1H3,(H,16,19)/t7-/m1/s1. The minimum Gasteiger partial charge on any atom is -0.384 e. The third-order valence-electron chi connectivity index (χ3n) is 2.39. The van der Waals surface area contributed by atoms with Crippen molar-refractivity contribution in [1.82, 2.24) is 9.78 Å². The van der Waals surface area contributed by atoms with Gasteiger partial charge in [0.05, 0.1) is 28.8 Å². The van der Waals surface area contributed by atoms with Crippen molar-refractivity contribution in [2.75, 3.05) is 5.32 Å². The number of amides is 1. The summed E-state index contributed by atoms with van der Waals surface area (Å²) in [5.74, 6) is -0.498. The number of carbonyl (C=O) groups excluding carboxylic acids is 1. The summed E-state index contributed by atoms with van der Waals surface area (Å²) in [5, 5.41) is 16.7. The predicted molar refractivity (Wildman–Crippen MR) is 73.9 cm³/mol. The van der Waals surface area contributed by atoms with Crippen molar-refractivity contribution >= 4 is 34.8 Å². The van der Waals surface area contributed by atoms with Gasteiger partial charge in [-0.05, 0) is 25.1 Å². The van der Waals surface area contributed by atoms with Crippen LogP contribution in [0.15, 0.2) is 30.6 Å². The summed E-state index contributed by atoms with van der Waals surface area (Å²) in [6, 6.07) is 5.02. The average Bonchev–Trinajstić information content (AvgIpc) is 2.77. The normalized spacial score (nSPS) is 12.2. The lowest BCUT2D eigenvalue weighted by Crippen LogP contribution is -2.24. The highest BCUT2D eigenvalue weighted by Crippen LogP contribution is 2.24. The van der Waals surface area contributed by atoms with Gasteiger partial charge in [0.2, 0.25) is 0 Å². The zero-order chi connectivity index (χ0) is 14.0. The number of benzene rings is 1. The van der Waals surface area contributed by atoms with Crippen molar-refractivity contribution < 1.29 is 9.90 Å². The minimum atomic E-state index is -1.08. The molecule has 1 amide bonds. The van der Waals surface area contributed by atoms with Crippen LogP contribution in [0.5, 0.6) is 0 Å². The molecule has 100 valence electrons. The van der Waals surface area contributed by atoms with Crippen LogP contribution in [-0.2, 0) is 4.79 Å². The number of carbonyl (C=O) groups is 1. The van der Waals surface area contributed by atoms with Gasteiger partial charge in [0, 0.05) is 5.02 Å². The van der Waals surface area contributed by atoms with Crippen LogP contribution in [0.25, 0.3) is 5.69 Å². The molecular formula is C12H11Cl2N3O2. The molecule has 0 aliphatic rings. The van der Waals surface area contributed by atoms with E-state index in [4.69, 9.17) is 28.3 Å². The smallest absolute Gasteiger partial charge is 0.253 e. The first kappa shape index (κ1) is 13.9. The zero-order valence-corrected chi connectivity index (χ0v) is 11.5. The number of rotatable bonds is 3. The highest BCUT2D eigenvalue weighted by atomic mass is 35.5. The van der Waals surface area contributed by atoms with Gasteiger partial charge in [0.15, 0.2) is 0 Å². The highest BCUT2D eigenvalue weighted by Gasteiger charge is 2.11. The van der Waals surface area contributed by atoms with E-state index in [2.05, 4.69) is 10.4 Å². The number of halogens is 2. The van der Waals surface area contributed by atoms with Crippen LogP contribution in [0.2, 0.25) is 10.0 Å². The summed E-state index contributed by atoms with van der Waals surface area (Å²) in [4.78, 5) is 11.3. The average molecular weight is 300 g/mol. The number of aromatic nitrogens is 2. The molecule has 0 fully saturated rings. The Morgan fingerprint density at radius 1 is 1.47 bits per heavy atom. The molecule has 2 N–H and O–H groups in total. The monoisotopic (exact) mass is 299 g/mol. The lowest BCUT2D eigenvalue weighted by molar-refractivity contribution is -0.123. The van der Waals surface area contributed by atoms with Crippen molar-refractivity contribution in [2.24, 2.45) is 0 Å². The number of nitrogens with one attached hydrogen (secondary N) is 1. The summed E-state index contributed by atoms with van der Waals surface area (Å²) >= 11 is 11.9. The molecule has 0 saturated carbocycles. The first-order valence-corrected chi connectivity index (χ1v) is 6.22. The van der Waals surface area contributed by atoms with Crippen LogP contribution in [0.3, 0.4) is 0 Å². The zero-order valence-electron chi connectivity index (χ0n) is 9.97. The van der Waals surface area contributed by atoms with Crippen molar-refractivity contribution in [3.63, 3.8) is 0 Å². The van der Waals surface area contributed by atoms with Gasteiger partial charge in [-0.1, -0.05) is 23.2 Å². The molecule has 5 nitrogen and oxygen atoms in total. The van der Waals surface area contributed by atoms with Gasteiger partial charge in [-0.2, -0.15) is 5.10 Å². The second-order valence-corrected chi connectivity index (χ2v) is 4.78. The van der Waals surface area contributed by atoms with E-state index in [-0.39, 0.29) is 0 Å². The van der Waals surface area contributed by atoms with Gasteiger partial charge >= 0.3 is 0 Å². The van der Waals surface area contributed by atoms with Crippen LogP contribution < -0.4 is 5.32 Å². The van der Waals surface area contributed by atoms with Gasteiger partial charge in [-0.3, -0.25) is 4.79 Å². The topological polar surface area (TPSA) is 67.2 Å². The maximum Gasteiger partial charge on any atom is 0.253 e. The van der Waals surface area contributed by atoms with Gasteiger partial charge in [-0.25, -0.2) is 4.68 Å². The molecule has 0 unspecified atom stereocenters. The summed E-state index contributed by atoms with van der Waals surface area (Å²) < 4.78 is 1.51. The Balaban J connectivity index is 2.23. The Morgan fingerprint density at radius 2 is 2.21 bits per heavy atom. The summed E-state index contributed by atoms with van der Waals surface area (Å²) in [6.45, 7) is 1.38. The minimum absolute atomic E-state index is 0.448. The van der Waals surface area contributed by atoms with E-state index in [1.807, 2.05) is 0 Å². The molecule has 0 radical (unpaired) electrons. The van der Waals surface area contributed by atoms with Gasteiger partial charge in [0.1, 0.15) is 6.10 Å². The summed E-state index contributed by atoms with van der Waals surface area (Å²) in [7, 11) is 0. The van der Waals surface area contributed by atoms with Gasteiger partial charge in [-0.15, -0.1) is 0 Å². The molecule has 1 heterocycles. The Hall–Kier alpha value is -1.56. The van der Waals surface area contributed by atoms with E-state index in [9.17, 15) is 4.79 Å². The Kier molecular flexibility index (Phi) is 4.09. The maximum atomic E-state index is 11.3. The van der Waals surface area contributed by atoms with E-state index >= 15 is 0 Å². The molecule has 0 aliphatic carbocycles. The number of aliphatic hydroxyl groups is 1. The third-order valence-corrected chi connectivity index (χ3v) is 2.92. The van der Waals surface area contributed by atoms with Crippen LogP contribution in [0.4, 0.5) is 5.69 Å². The van der Waals surface area contributed by atoms with Crippen LogP contribution in [-0.4, -0.2) is 26.9 Å². The second-order valence-electron chi connectivity index (χ2n) is 3.93. The molecule has 1 aromatic heterocycles. The molecule has 0 aliphatic heterocycles. The molecule has 1 aromatic carbocycles. The first-order chi connectivity index (χ1) is 8.97. The molecule has 0 saturated heterocycles. The number of hydrogen-bond donors (Lipinski definition) is 2. The Bertz CT molecular complexity index is 611. The van der Waals surface area contributed by atoms with Crippen molar-refractivity contribution in [3.8, 4) is 5.69 Å². The number of nitrogens with zero attached hydrogens (tertiary/aromatic N) is 2. The molecule has 0 bridgehead atoms. The Labute approximate surface area is 119 Å². The first-order valence-electron chi connectivity index (χ1n) is 5.46. The van der Waals surface area contributed by atoms with Crippen molar-refractivity contribution in [1.29, 1.82) is 0 Å². The molecule has 19 heavy (non-hydrogen) atoms. The van der Waals surface area contributed by atoms with Gasteiger partial charge in [0.25, 0.3) is 5.91 Å². The fraction of sp³-hybridized carbons (Fsp3) is 0.167. The second kappa shape index (κ2) is 5.61. The quantitative estimate of drug-likeness (QED) is 0.915. The third kappa shape index (κ3) is 3.26. The largest absolute Gasteiger partial charge is 0.384 e. The van der Waals surface area contributed by atoms with E-state index in [1.165, 1.54) is 17.8 Å². The van der Waals surface area contributed by atoms with E-state index < -0.39 is 12.0 Å². The molecule has 1 atom stereocenters. The number of anilines is 1. The van der Waals surface area contributed by atoms with E-state index in [0.29, 0.717) is 21.4 Å². The maximum absolute atomic E-state index is 11.3. The fourth-order valence-electron chi connectivity index (χ4n) is 1.43. The van der Waals surface area contributed by atoms with E-state index in [1.54, 1.807) is 24.4 Å². The van der Waals surface area contributed by atoms with Crippen LogP contribution in [0.1, 0.15) is 6.92 Å². The molecule has 2 aromatic rings. The lowest BCUT2D eigenvalue weighted by Gasteiger charge is -2.05. The van der Waals surface area contributed by atoms with Crippen LogP contribution >= 0.6 is 23.2 Å². The van der Waals surface area contributed by atoms with E-state index in [0.717, 1.165) is 0 Å². The Morgan fingerprint density at radius 3 is 2.84 bits per heavy atom. The highest BCUT2D eigenvalue weighted by molar-refractivity contribution is 6.35. The molecule has 7 heteroatoms. The SMILES string of the molecule is C[C@@H](O)C(=O)Nc1cnn(-c2ccc(Cl)cc2Cl)c1. The van der Waals surface area contributed by atoms with Crippen molar-refractivity contribution in [3.05, 3.63) is 40.6 Å². The lowest BCUT2D eigenvalue weighted by atomic mass is 10.3. The predicted octanol–water partition coefficient (Wildman–Crippen LogP) is 2.50. The molecule has 0 spiro atoms. The molecule has 2 rings (SSSR count).